The highest BCUT2D eigenvalue weighted by atomic mass is 79.9. The van der Waals surface area contributed by atoms with Crippen molar-refractivity contribution in [2.45, 2.75) is 45.2 Å². The zero-order chi connectivity index (χ0) is 72.8. The summed E-state index contributed by atoms with van der Waals surface area (Å²) in [5.41, 5.74) is 5.51. The molecule has 0 unspecified atom stereocenters. The normalized spacial score (nSPS) is 12.5. The third-order valence-corrected chi connectivity index (χ3v) is 18.1. The minimum absolute atomic E-state index is 0.0196. The molecule has 0 aliphatic carbocycles. The quantitative estimate of drug-likeness (QED) is 0.0439. The van der Waals surface area contributed by atoms with Gasteiger partial charge in [0, 0.05) is 84.3 Å². The van der Waals surface area contributed by atoms with E-state index in [2.05, 4.69) is 15.9 Å². The van der Waals surface area contributed by atoms with E-state index in [0.29, 0.717) is 119 Å². The first kappa shape index (κ1) is 81.7. The zero-order valence-corrected chi connectivity index (χ0v) is 64.4. The van der Waals surface area contributed by atoms with E-state index in [4.69, 9.17) is 227 Å². The van der Waals surface area contributed by atoms with Crippen LogP contribution in [0.1, 0.15) is 39.5 Å². The van der Waals surface area contributed by atoms with Gasteiger partial charge in [0.1, 0.15) is 0 Å². The first-order valence-electron chi connectivity index (χ1n) is 27.2. The maximum atomic E-state index is 10.7. The van der Waals surface area contributed by atoms with Crippen LogP contribution < -0.4 is 43.6 Å². The van der Waals surface area contributed by atoms with E-state index >= 15 is 0 Å². The number of ether oxygens (including phenoxy) is 10. The number of hydrogen-bond acceptors (Lipinski definition) is 15. The highest BCUT2D eigenvalue weighted by Gasteiger charge is 2.49. The van der Waals surface area contributed by atoms with Crippen LogP contribution in [0.4, 0.5) is 17.1 Å². The van der Waals surface area contributed by atoms with Crippen molar-refractivity contribution >= 4 is 207 Å². The Morgan fingerprint density at radius 2 is 0.622 bits per heavy atom. The van der Waals surface area contributed by atoms with Gasteiger partial charge in [-0.3, -0.25) is 20.2 Å². The van der Waals surface area contributed by atoms with Crippen LogP contribution in [0.5, 0.6) is 69.0 Å². The van der Waals surface area contributed by atoms with Crippen molar-refractivity contribution in [2.75, 3.05) is 34.2 Å². The number of nitro groups is 2. The molecule has 1 saturated heterocycles. The Morgan fingerprint density at radius 3 is 0.888 bits per heavy atom. The molecule has 0 atom stereocenters. The van der Waals surface area contributed by atoms with Gasteiger partial charge in [-0.15, -0.1) is 0 Å². The van der Waals surface area contributed by atoms with Gasteiger partial charge in [-0.05, 0) is 113 Å². The minimum Gasteiger partial charge on any atom is -0.493 e. The molecule has 1 aliphatic heterocycles. The summed E-state index contributed by atoms with van der Waals surface area (Å²) in [5.74, 6) is 4.68. The lowest BCUT2D eigenvalue weighted by Gasteiger charge is -2.30. The second-order valence-electron chi connectivity index (χ2n) is 20.5. The number of nitrogen functional groups attached to an aromatic ring is 1. The third kappa shape index (κ3) is 22.1. The number of nitrogens with zero attached hydrogens (tertiary/aromatic N) is 2. The van der Waals surface area contributed by atoms with Gasteiger partial charge in [0.15, 0.2) is 75.3 Å². The van der Waals surface area contributed by atoms with Crippen LogP contribution in [0.15, 0.2) is 138 Å². The van der Waals surface area contributed by atoms with Crippen LogP contribution in [0.3, 0.4) is 0 Å². The van der Waals surface area contributed by atoms with Crippen molar-refractivity contribution in [3.05, 3.63) is 239 Å². The molecule has 0 spiro atoms. The van der Waals surface area contributed by atoms with Crippen molar-refractivity contribution in [1.82, 2.24) is 0 Å². The Kier molecular flexibility index (Phi) is 30.5. The summed E-state index contributed by atoms with van der Waals surface area (Å²) in [4.78, 5) is 19.8. The van der Waals surface area contributed by atoms with Gasteiger partial charge in [0.05, 0.1) is 105 Å². The van der Waals surface area contributed by atoms with Crippen molar-refractivity contribution in [3.8, 4) is 69.0 Å². The Bertz CT molecular complexity index is 4170. The maximum absolute atomic E-state index is 10.7. The molecule has 0 bridgehead atoms. The minimum atomic E-state index is -0.593. The van der Waals surface area contributed by atoms with Crippen LogP contribution in [0.25, 0.3) is 0 Å². The smallest absolute Gasteiger partial charge is 0.272 e. The molecule has 33 heteroatoms. The van der Waals surface area contributed by atoms with Crippen molar-refractivity contribution in [3.63, 3.8) is 0 Å². The fraction of sp³-hybridized carbons (Fsp3) is 0.169. The van der Waals surface area contributed by atoms with Gasteiger partial charge in [0.2, 0.25) is 0 Å². The number of rotatable bonds is 15. The van der Waals surface area contributed by atoms with Crippen LogP contribution in [-0.2, 0) is 9.47 Å². The predicted molar refractivity (Wildman–Crippen MR) is 398 cm³/mol. The highest BCUT2D eigenvalue weighted by molar-refractivity contribution is 9.10. The highest BCUT2D eigenvalue weighted by Crippen LogP contribution is 2.50. The number of methoxy groups -OCH3 is 4. The van der Waals surface area contributed by atoms with Crippen LogP contribution >= 0.6 is 190 Å². The zero-order valence-electron chi connectivity index (χ0n) is 51.5. The average Bonchev–Trinajstić information content (AvgIpc) is 1.64. The molecular weight excluding hydrogens is 1660 g/mol. The van der Waals surface area contributed by atoms with E-state index in [1.165, 1.54) is 28.4 Å². The van der Waals surface area contributed by atoms with Gasteiger partial charge < -0.3 is 53.1 Å². The summed E-state index contributed by atoms with van der Waals surface area (Å²) in [6, 6.07) is 34.4. The SMILES string of the molecule is COc1cc(Cl)ccc1Oc1c(Cl)cc(Br)cc1Cl.COc1cc(Cl)ccc1Oc1c(Cl)cc(C2OC(C)(C)C(C)(C)O2)cc1Cl.COc1cc(Cl)ccc1Oc1c(Cl)cc(N)cc1Cl.COc1cc(Cl)ccc1Oc1c(Cl)cc([N+](=O)[O-])cc1Cl.O=[N+]([O-])c1cc(Cl)c(Cl)c(Cl)c1. The van der Waals surface area contributed by atoms with Gasteiger partial charge in [-0.2, -0.15) is 0 Å². The van der Waals surface area contributed by atoms with Gasteiger partial charge >= 0.3 is 0 Å². The van der Waals surface area contributed by atoms with Crippen molar-refractivity contribution in [2.24, 2.45) is 0 Å². The Hall–Kier alpha value is -5.27. The number of hydrogen-bond donors (Lipinski definition) is 1. The average molecular weight is 1710 g/mol. The summed E-state index contributed by atoms with van der Waals surface area (Å²) < 4.78 is 56.5. The molecular formula is C65H49BrCl15N3O14. The topological polar surface area (TPSA) is 205 Å². The number of benzene rings is 9. The molecule has 0 amide bonds. The van der Waals surface area contributed by atoms with Crippen LogP contribution in [0.2, 0.25) is 75.3 Å². The standard InChI is InChI=1S/C20H21Cl3O4.C13H8BrCl3O2.C13H8Cl3NO4.C13H10Cl3NO2.C6H2Cl3NO2/c1-19(2)20(3,4)27-18(26-19)11-8-13(22)17(14(23)9-11)25-15-7-6-12(21)10-16(15)24-5;1-18-12-6-8(15)2-3-11(12)19-13-9(16)4-7(14)5-10(13)17;1-20-12-4-7(14)2-3-11(12)21-13-9(15)5-8(17(18)19)6-10(13)16;1-18-12-4-7(14)2-3-11(12)19-13-9(15)5-8(17)6-10(13)16;7-4-1-3(10(11)12)2-5(8)6(4)9/h6-10,18H,1-5H3;2-6H,1H3;2-6H,1H3;2-6H,17H2,1H3;1-2H. The van der Waals surface area contributed by atoms with Crippen LogP contribution in [-0.4, -0.2) is 49.5 Å². The molecule has 98 heavy (non-hydrogen) atoms. The fourth-order valence-electron chi connectivity index (χ4n) is 7.84. The lowest BCUT2D eigenvalue weighted by molar-refractivity contribution is -0.385. The Labute approximate surface area is 645 Å². The van der Waals surface area contributed by atoms with Gasteiger partial charge in [-0.1, -0.05) is 190 Å². The number of non-ortho nitro benzene ring substituents is 2. The van der Waals surface area contributed by atoms with Crippen molar-refractivity contribution in [1.29, 1.82) is 0 Å². The molecule has 10 rings (SSSR count). The summed E-state index contributed by atoms with van der Waals surface area (Å²) in [6.07, 6.45) is -0.566. The van der Waals surface area contributed by atoms with Crippen molar-refractivity contribution < 1.29 is 57.2 Å². The maximum Gasteiger partial charge on any atom is 0.272 e. The number of halogens is 16. The van der Waals surface area contributed by atoms with E-state index in [1.54, 1.807) is 109 Å². The first-order valence-corrected chi connectivity index (χ1v) is 33.7. The molecule has 9 aromatic rings. The van der Waals surface area contributed by atoms with E-state index in [1.807, 2.05) is 27.7 Å². The molecule has 9 aromatic carbocycles. The predicted octanol–water partition coefficient (Wildman–Crippen LogP) is 27.2. The number of anilines is 1. The molecule has 520 valence electrons. The molecule has 1 fully saturated rings. The molecule has 1 heterocycles. The summed E-state index contributed by atoms with van der Waals surface area (Å²) in [7, 11) is 6.04. The van der Waals surface area contributed by atoms with E-state index in [9.17, 15) is 20.2 Å². The molecule has 2 N–H and O–H groups in total. The van der Waals surface area contributed by atoms with E-state index in [-0.39, 0.29) is 42.2 Å². The lowest BCUT2D eigenvalue weighted by Crippen LogP contribution is -2.41. The lowest BCUT2D eigenvalue weighted by atomic mass is 9.90. The van der Waals surface area contributed by atoms with Gasteiger partial charge in [0.25, 0.3) is 11.4 Å². The monoisotopic (exact) mass is 1700 g/mol. The molecule has 1 aliphatic rings. The van der Waals surface area contributed by atoms with E-state index < -0.39 is 27.3 Å². The number of nitro benzene ring substituents is 2. The first-order chi connectivity index (χ1) is 46.0. The largest absolute Gasteiger partial charge is 0.493 e. The second-order valence-corrected chi connectivity index (χ2v) is 27.6. The van der Waals surface area contributed by atoms with Crippen LogP contribution in [0, 0.1) is 20.2 Å². The second kappa shape index (κ2) is 36.6. The van der Waals surface area contributed by atoms with Gasteiger partial charge in [-0.25, -0.2) is 0 Å². The molecule has 0 radical (unpaired) electrons. The molecule has 17 nitrogen and oxygen atoms in total. The molecule has 0 saturated carbocycles. The van der Waals surface area contributed by atoms with E-state index in [0.717, 1.165) is 34.3 Å². The Morgan fingerprint density at radius 1 is 0.378 bits per heavy atom. The molecule has 0 aromatic heterocycles. The fourth-order valence-corrected chi connectivity index (χ4v) is 12.1. The summed E-state index contributed by atoms with van der Waals surface area (Å²) in [6.45, 7) is 7.95. The summed E-state index contributed by atoms with van der Waals surface area (Å²) >= 11 is 92.7. The third-order valence-electron chi connectivity index (χ3n) is 13.3. The summed E-state index contributed by atoms with van der Waals surface area (Å²) in [5, 5.41) is 25.5. The number of nitrogens with two attached hydrogens (primary N) is 1. The Balaban J connectivity index is 0.000000197.